The minimum Gasteiger partial charge on any atom is -0.366 e. The first-order valence-electron chi connectivity index (χ1n) is 7.88. The molecule has 3 rings (SSSR count). The summed E-state index contributed by atoms with van der Waals surface area (Å²) < 4.78 is 0. The van der Waals surface area contributed by atoms with Gasteiger partial charge in [-0.05, 0) is 24.0 Å². The van der Waals surface area contributed by atoms with Gasteiger partial charge >= 0.3 is 0 Å². The van der Waals surface area contributed by atoms with E-state index in [0.29, 0.717) is 17.7 Å². The maximum Gasteiger partial charge on any atom is 0.255 e. The Balaban J connectivity index is 1.69. The molecular formula is C17H22N2O2. The zero-order valence-corrected chi connectivity index (χ0v) is 12.3. The van der Waals surface area contributed by atoms with Gasteiger partial charge in [0.1, 0.15) is 0 Å². The average Bonchev–Trinajstić information content (AvgIpc) is 2.83. The lowest BCUT2D eigenvalue weighted by Gasteiger charge is -2.24. The van der Waals surface area contributed by atoms with Gasteiger partial charge in [-0.25, -0.2) is 0 Å². The predicted octanol–water partition coefficient (Wildman–Crippen LogP) is 2.71. The highest BCUT2D eigenvalue weighted by atomic mass is 16.2. The molecular weight excluding hydrogens is 264 g/mol. The first kappa shape index (κ1) is 14.1. The van der Waals surface area contributed by atoms with Crippen molar-refractivity contribution in [1.82, 2.24) is 4.90 Å². The number of primary amides is 1. The monoisotopic (exact) mass is 286 g/mol. The number of hydrogen-bond acceptors (Lipinski definition) is 2. The van der Waals surface area contributed by atoms with Gasteiger partial charge in [0.15, 0.2) is 0 Å². The van der Waals surface area contributed by atoms with E-state index in [9.17, 15) is 9.59 Å². The predicted molar refractivity (Wildman–Crippen MR) is 80.9 cm³/mol. The van der Waals surface area contributed by atoms with E-state index in [4.69, 9.17) is 5.73 Å². The Hall–Kier alpha value is -1.84. The second-order valence-corrected chi connectivity index (χ2v) is 6.22. The van der Waals surface area contributed by atoms with Gasteiger partial charge in [-0.15, -0.1) is 0 Å². The Bertz CT molecular complexity index is 562. The van der Waals surface area contributed by atoms with Crippen molar-refractivity contribution < 1.29 is 9.59 Å². The second-order valence-electron chi connectivity index (χ2n) is 6.22. The summed E-state index contributed by atoms with van der Waals surface area (Å²) in [6, 6.07) is 5.36. The molecule has 1 saturated carbocycles. The topological polar surface area (TPSA) is 63.4 Å². The molecule has 2 N–H and O–H groups in total. The van der Waals surface area contributed by atoms with Crippen LogP contribution in [0, 0.1) is 5.92 Å². The van der Waals surface area contributed by atoms with E-state index < -0.39 is 5.91 Å². The maximum absolute atomic E-state index is 12.5. The number of nitrogens with zero attached hydrogens (tertiary/aromatic N) is 1. The van der Waals surface area contributed by atoms with Crippen LogP contribution in [0.15, 0.2) is 18.2 Å². The molecule has 1 aliphatic carbocycles. The van der Waals surface area contributed by atoms with Gasteiger partial charge in [0.05, 0.1) is 11.1 Å². The zero-order valence-electron chi connectivity index (χ0n) is 12.3. The lowest BCUT2D eigenvalue weighted by Crippen LogP contribution is -2.28. The number of benzene rings is 1. The molecule has 0 bridgehead atoms. The molecule has 0 saturated heterocycles. The van der Waals surface area contributed by atoms with E-state index in [1.54, 1.807) is 12.1 Å². The molecule has 1 aliphatic heterocycles. The molecule has 0 aromatic heterocycles. The lowest BCUT2D eigenvalue weighted by atomic mass is 9.87. The van der Waals surface area contributed by atoms with Crippen molar-refractivity contribution >= 4 is 11.8 Å². The van der Waals surface area contributed by atoms with Crippen molar-refractivity contribution in [2.24, 2.45) is 11.7 Å². The first-order valence-corrected chi connectivity index (χ1v) is 7.88. The summed E-state index contributed by atoms with van der Waals surface area (Å²) in [7, 11) is 0. The van der Waals surface area contributed by atoms with Crippen LogP contribution in [0.5, 0.6) is 0 Å². The van der Waals surface area contributed by atoms with Crippen molar-refractivity contribution in [3.63, 3.8) is 0 Å². The van der Waals surface area contributed by atoms with E-state index in [1.165, 1.54) is 32.1 Å². The van der Waals surface area contributed by atoms with Gasteiger partial charge in [0.25, 0.3) is 5.91 Å². The van der Waals surface area contributed by atoms with Crippen LogP contribution in [0.4, 0.5) is 0 Å². The van der Waals surface area contributed by atoms with Crippen LogP contribution in [0.25, 0.3) is 0 Å². The largest absolute Gasteiger partial charge is 0.366 e. The Morgan fingerprint density at radius 1 is 1.24 bits per heavy atom. The molecule has 0 unspecified atom stereocenters. The standard InChI is InChI=1S/C17H22N2O2/c18-16(20)14-8-4-7-13-11-19(17(21)15(13)14)10-9-12-5-2-1-3-6-12/h4,7-8,12H,1-3,5-6,9-11H2,(H2,18,20). The minimum atomic E-state index is -0.519. The fraction of sp³-hybridized carbons (Fsp3) is 0.529. The highest BCUT2D eigenvalue weighted by Crippen LogP contribution is 2.29. The summed E-state index contributed by atoms with van der Waals surface area (Å²) in [6.07, 6.45) is 7.66. The van der Waals surface area contributed by atoms with Crippen molar-refractivity contribution in [3.8, 4) is 0 Å². The van der Waals surface area contributed by atoms with E-state index in [-0.39, 0.29) is 5.91 Å². The van der Waals surface area contributed by atoms with Gasteiger partial charge in [0.2, 0.25) is 5.91 Å². The lowest BCUT2D eigenvalue weighted by molar-refractivity contribution is 0.0761. The normalized spacial score (nSPS) is 18.9. The number of amides is 2. The van der Waals surface area contributed by atoms with Gasteiger partial charge < -0.3 is 10.6 Å². The van der Waals surface area contributed by atoms with Crippen LogP contribution < -0.4 is 5.73 Å². The zero-order chi connectivity index (χ0) is 14.8. The smallest absolute Gasteiger partial charge is 0.255 e. The highest BCUT2D eigenvalue weighted by Gasteiger charge is 2.31. The van der Waals surface area contributed by atoms with E-state index in [0.717, 1.165) is 24.4 Å². The molecule has 1 aromatic rings. The van der Waals surface area contributed by atoms with Crippen molar-refractivity contribution in [2.75, 3.05) is 6.54 Å². The second kappa shape index (κ2) is 5.88. The molecule has 0 radical (unpaired) electrons. The molecule has 1 aromatic carbocycles. The fourth-order valence-electron chi connectivity index (χ4n) is 3.62. The Kier molecular flexibility index (Phi) is 3.95. The van der Waals surface area contributed by atoms with Crippen molar-refractivity contribution in [3.05, 3.63) is 34.9 Å². The van der Waals surface area contributed by atoms with E-state index >= 15 is 0 Å². The molecule has 1 heterocycles. The van der Waals surface area contributed by atoms with Crippen LogP contribution in [0.3, 0.4) is 0 Å². The SMILES string of the molecule is NC(=O)c1cccc2c1C(=O)N(CCC1CCCCC1)C2. The van der Waals surface area contributed by atoms with Crippen molar-refractivity contribution in [1.29, 1.82) is 0 Å². The van der Waals surface area contributed by atoms with Crippen LogP contribution >= 0.6 is 0 Å². The van der Waals surface area contributed by atoms with Crippen LogP contribution in [0.1, 0.15) is 64.8 Å². The summed E-state index contributed by atoms with van der Waals surface area (Å²) in [6.45, 7) is 1.40. The summed E-state index contributed by atoms with van der Waals surface area (Å²) in [5.41, 5.74) is 7.19. The molecule has 4 nitrogen and oxygen atoms in total. The third-order valence-corrected chi connectivity index (χ3v) is 4.81. The highest BCUT2D eigenvalue weighted by molar-refractivity contribution is 6.09. The summed E-state index contributed by atoms with van der Waals surface area (Å²) in [4.78, 5) is 25.8. The Morgan fingerprint density at radius 3 is 2.71 bits per heavy atom. The molecule has 21 heavy (non-hydrogen) atoms. The number of nitrogens with two attached hydrogens (primary N) is 1. The summed E-state index contributed by atoms with van der Waals surface area (Å²) in [5.74, 6) is 0.204. The van der Waals surface area contributed by atoms with Crippen LogP contribution in [-0.2, 0) is 6.54 Å². The minimum absolute atomic E-state index is 0.0322. The van der Waals surface area contributed by atoms with Crippen LogP contribution in [0.2, 0.25) is 0 Å². The number of fused-ring (bicyclic) bond motifs is 1. The van der Waals surface area contributed by atoms with Gasteiger partial charge in [-0.3, -0.25) is 9.59 Å². The van der Waals surface area contributed by atoms with E-state index in [2.05, 4.69) is 0 Å². The van der Waals surface area contributed by atoms with Gasteiger partial charge in [-0.1, -0.05) is 44.2 Å². The van der Waals surface area contributed by atoms with E-state index in [1.807, 2.05) is 11.0 Å². The molecule has 2 amide bonds. The first-order chi connectivity index (χ1) is 10.2. The van der Waals surface area contributed by atoms with Crippen molar-refractivity contribution in [2.45, 2.75) is 45.1 Å². The van der Waals surface area contributed by atoms with Gasteiger partial charge in [-0.2, -0.15) is 0 Å². The molecule has 112 valence electrons. The molecule has 4 heteroatoms. The third-order valence-electron chi connectivity index (χ3n) is 4.81. The number of rotatable bonds is 4. The molecule has 2 aliphatic rings. The number of hydrogen-bond donors (Lipinski definition) is 1. The third kappa shape index (κ3) is 2.80. The number of carbonyl (C=O) groups is 2. The Labute approximate surface area is 125 Å². The molecule has 1 fully saturated rings. The summed E-state index contributed by atoms with van der Waals surface area (Å²) in [5, 5.41) is 0. The quantitative estimate of drug-likeness (QED) is 0.925. The summed E-state index contributed by atoms with van der Waals surface area (Å²) >= 11 is 0. The maximum atomic E-state index is 12.5. The number of carbonyl (C=O) groups excluding carboxylic acids is 2. The fourth-order valence-corrected chi connectivity index (χ4v) is 3.62. The Morgan fingerprint density at radius 2 is 2.00 bits per heavy atom. The van der Waals surface area contributed by atoms with Gasteiger partial charge in [0, 0.05) is 13.1 Å². The molecule has 0 atom stereocenters. The van der Waals surface area contributed by atoms with Crippen LogP contribution in [-0.4, -0.2) is 23.3 Å². The molecule has 0 spiro atoms. The average molecular weight is 286 g/mol.